The second-order valence-electron chi connectivity index (χ2n) is 5.41. The highest BCUT2D eigenvalue weighted by molar-refractivity contribution is 14.1. The number of aromatic carboxylic acids is 1. The quantitative estimate of drug-likeness (QED) is 0.803. The van der Waals surface area contributed by atoms with Crippen molar-refractivity contribution in [2.45, 2.75) is 19.3 Å². The second kappa shape index (κ2) is 4.77. The fourth-order valence-corrected chi connectivity index (χ4v) is 3.39. The van der Waals surface area contributed by atoms with E-state index in [9.17, 15) is 9.59 Å². The Hall–Kier alpha value is -1.11. The molecule has 1 aromatic carbocycles. The number of carboxylic acid groups (broad SMARTS) is 1. The standard InChI is InChI=1S/C14H14INO3/c15-11-2-1-7(14(18)19)6-12(11)16-13(17)10-4-8-3-9(8)5-10/h1-2,6,8-10H,3-5H2,(H,16,17)(H,18,19). The maximum absolute atomic E-state index is 12.2. The smallest absolute Gasteiger partial charge is 0.335 e. The van der Waals surface area contributed by atoms with Gasteiger partial charge in [-0.15, -0.1) is 0 Å². The fourth-order valence-electron chi connectivity index (χ4n) is 2.92. The number of carbonyl (C=O) groups is 2. The summed E-state index contributed by atoms with van der Waals surface area (Å²) in [7, 11) is 0. The SMILES string of the molecule is O=C(O)c1ccc(I)c(NC(=O)C2CC3CC3C2)c1. The summed E-state index contributed by atoms with van der Waals surface area (Å²) in [6.07, 6.45) is 3.27. The molecule has 2 unspecified atom stereocenters. The van der Waals surface area contributed by atoms with Crippen molar-refractivity contribution in [3.8, 4) is 0 Å². The number of hydrogen-bond acceptors (Lipinski definition) is 2. The van der Waals surface area contributed by atoms with Gasteiger partial charge < -0.3 is 10.4 Å². The van der Waals surface area contributed by atoms with Gasteiger partial charge >= 0.3 is 5.97 Å². The van der Waals surface area contributed by atoms with E-state index >= 15 is 0 Å². The number of benzene rings is 1. The van der Waals surface area contributed by atoms with Gasteiger partial charge in [0.05, 0.1) is 11.3 Å². The molecule has 2 atom stereocenters. The average Bonchev–Trinajstić information content (AvgIpc) is 2.98. The lowest BCUT2D eigenvalue weighted by Crippen LogP contribution is -2.22. The Kier molecular flexibility index (Phi) is 3.24. The van der Waals surface area contributed by atoms with E-state index in [1.54, 1.807) is 12.1 Å². The van der Waals surface area contributed by atoms with Gasteiger partial charge in [0.2, 0.25) is 5.91 Å². The summed E-state index contributed by atoms with van der Waals surface area (Å²) in [5.41, 5.74) is 0.802. The molecule has 0 aromatic heterocycles. The van der Waals surface area contributed by atoms with Crippen LogP contribution in [0.1, 0.15) is 29.6 Å². The number of amides is 1. The van der Waals surface area contributed by atoms with Crippen LogP contribution in [0, 0.1) is 21.3 Å². The fraction of sp³-hybridized carbons (Fsp3) is 0.429. The van der Waals surface area contributed by atoms with Crippen molar-refractivity contribution in [3.05, 3.63) is 27.3 Å². The maximum atomic E-state index is 12.2. The summed E-state index contributed by atoms with van der Waals surface area (Å²) in [6, 6.07) is 4.79. The summed E-state index contributed by atoms with van der Waals surface area (Å²) in [6.45, 7) is 0. The van der Waals surface area contributed by atoms with Gasteiger partial charge in [0.1, 0.15) is 0 Å². The molecule has 2 N–H and O–H groups in total. The van der Waals surface area contributed by atoms with Crippen LogP contribution < -0.4 is 5.32 Å². The van der Waals surface area contributed by atoms with Gasteiger partial charge in [-0.25, -0.2) is 4.79 Å². The molecular weight excluding hydrogens is 357 g/mol. The number of fused-ring (bicyclic) bond motifs is 1. The number of carbonyl (C=O) groups excluding carboxylic acids is 1. The van der Waals surface area contributed by atoms with Crippen LogP contribution in [0.4, 0.5) is 5.69 Å². The van der Waals surface area contributed by atoms with Crippen molar-refractivity contribution in [1.82, 2.24) is 0 Å². The van der Waals surface area contributed by atoms with Crippen LogP contribution in [0.25, 0.3) is 0 Å². The van der Waals surface area contributed by atoms with E-state index < -0.39 is 5.97 Å². The number of anilines is 1. The van der Waals surface area contributed by atoms with Crippen molar-refractivity contribution in [3.63, 3.8) is 0 Å². The molecule has 2 aliphatic carbocycles. The van der Waals surface area contributed by atoms with E-state index in [0.29, 0.717) is 5.69 Å². The Morgan fingerprint density at radius 1 is 1.21 bits per heavy atom. The Balaban J connectivity index is 1.73. The van der Waals surface area contributed by atoms with E-state index in [1.165, 1.54) is 12.5 Å². The molecule has 100 valence electrons. The number of carboxylic acids is 1. The van der Waals surface area contributed by atoms with Crippen LogP contribution in [0.5, 0.6) is 0 Å². The highest BCUT2D eigenvalue weighted by Gasteiger charge is 2.48. The van der Waals surface area contributed by atoms with Gasteiger partial charge in [-0.2, -0.15) is 0 Å². The molecule has 1 amide bonds. The summed E-state index contributed by atoms with van der Waals surface area (Å²) < 4.78 is 0.860. The molecule has 5 heteroatoms. The predicted molar refractivity (Wildman–Crippen MR) is 79.1 cm³/mol. The molecule has 2 saturated carbocycles. The van der Waals surface area contributed by atoms with Crippen LogP contribution in [-0.4, -0.2) is 17.0 Å². The van der Waals surface area contributed by atoms with E-state index in [2.05, 4.69) is 27.9 Å². The lowest BCUT2D eigenvalue weighted by Gasteiger charge is -2.13. The van der Waals surface area contributed by atoms with Crippen LogP contribution in [0.2, 0.25) is 0 Å². The van der Waals surface area contributed by atoms with E-state index in [4.69, 9.17) is 5.11 Å². The predicted octanol–water partition coefficient (Wildman–Crippen LogP) is 2.97. The third-order valence-electron chi connectivity index (χ3n) is 4.09. The molecule has 0 aliphatic heterocycles. The first kappa shape index (κ1) is 12.9. The number of rotatable bonds is 3. The zero-order chi connectivity index (χ0) is 13.6. The van der Waals surface area contributed by atoms with Crippen LogP contribution in [-0.2, 0) is 4.79 Å². The monoisotopic (exact) mass is 371 g/mol. The zero-order valence-corrected chi connectivity index (χ0v) is 12.4. The first-order chi connectivity index (χ1) is 9.04. The number of hydrogen-bond donors (Lipinski definition) is 2. The highest BCUT2D eigenvalue weighted by Crippen LogP contribution is 2.54. The van der Waals surface area contributed by atoms with E-state index in [0.717, 1.165) is 28.2 Å². The number of nitrogens with one attached hydrogen (secondary N) is 1. The molecule has 0 saturated heterocycles. The minimum Gasteiger partial charge on any atom is -0.478 e. The minimum absolute atomic E-state index is 0.0349. The third-order valence-corrected chi connectivity index (χ3v) is 5.03. The van der Waals surface area contributed by atoms with Gasteiger partial charge in [0.15, 0.2) is 0 Å². The van der Waals surface area contributed by atoms with Crippen LogP contribution >= 0.6 is 22.6 Å². The van der Waals surface area contributed by atoms with Crippen LogP contribution in [0.15, 0.2) is 18.2 Å². The molecule has 0 spiro atoms. The molecule has 0 bridgehead atoms. The Morgan fingerprint density at radius 2 is 1.89 bits per heavy atom. The summed E-state index contributed by atoms with van der Waals surface area (Å²) in [4.78, 5) is 23.1. The van der Waals surface area contributed by atoms with Crippen LogP contribution in [0.3, 0.4) is 0 Å². The van der Waals surface area contributed by atoms with Gasteiger partial charge in [-0.05, 0) is 71.9 Å². The van der Waals surface area contributed by atoms with Gasteiger partial charge in [0, 0.05) is 9.49 Å². The Morgan fingerprint density at radius 3 is 2.53 bits per heavy atom. The van der Waals surface area contributed by atoms with Crippen molar-refractivity contribution >= 4 is 40.2 Å². The largest absolute Gasteiger partial charge is 0.478 e. The summed E-state index contributed by atoms with van der Waals surface area (Å²) >= 11 is 2.10. The molecule has 2 fully saturated rings. The molecule has 0 heterocycles. The Bertz CT molecular complexity index is 548. The molecule has 2 aliphatic rings. The number of halogens is 1. The van der Waals surface area contributed by atoms with E-state index in [1.807, 2.05) is 0 Å². The topological polar surface area (TPSA) is 66.4 Å². The molecular formula is C14H14INO3. The third kappa shape index (κ3) is 2.61. The second-order valence-corrected chi connectivity index (χ2v) is 6.58. The first-order valence-corrected chi connectivity index (χ1v) is 7.46. The van der Waals surface area contributed by atoms with Gasteiger partial charge in [-0.3, -0.25) is 4.79 Å². The lowest BCUT2D eigenvalue weighted by molar-refractivity contribution is -0.120. The molecule has 19 heavy (non-hydrogen) atoms. The summed E-state index contributed by atoms with van der Waals surface area (Å²) in [5, 5.41) is 11.8. The molecule has 1 aromatic rings. The molecule has 0 radical (unpaired) electrons. The lowest BCUT2D eigenvalue weighted by atomic mass is 10.0. The van der Waals surface area contributed by atoms with Crippen molar-refractivity contribution in [2.24, 2.45) is 17.8 Å². The molecule has 3 rings (SSSR count). The van der Waals surface area contributed by atoms with E-state index in [-0.39, 0.29) is 17.4 Å². The molecule has 4 nitrogen and oxygen atoms in total. The van der Waals surface area contributed by atoms with Gasteiger partial charge in [0.25, 0.3) is 0 Å². The summed E-state index contributed by atoms with van der Waals surface area (Å²) in [5.74, 6) is 0.690. The minimum atomic E-state index is -0.978. The van der Waals surface area contributed by atoms with Crippen molar-refractivity contribution in [1.29, 1.82) is 0 Å². The zero-order valence-electron chi connectivity index (χ0n) is 10.2. The highest BCUT2D eigenvalue weighted by atomic mass is 127. The Labute approximate surface area is 124 Å². The van der Waals surface area contributed by atoms with Crippen molar-refractivity contribution in [2.75, 3.05) is 5.32 Å². The average molecular weight is 371 g/mol. The van der Waals surface area contributed by atoms with Gasteiger partial charge in [-0.1, -0.05) is 0 Å². The maximum Gasteiger partial charge on any atom is 0.335 e. The normalized spacial score (nSPS) is 27.7. The first-order valence-electron chi connectivity index (χ1n) is 6.38. The van der Waals surface area contributed by atoms with Crippen molar-refractivity contribution < 1.29 is 14.7 Å².